The third-order valence-corrected chi connectivity index (χ3v) is 4.12. The van der Waals surface area contributed by atoms with Crippen LogP contribution in [0, 0.1) is 6.92 Å². The first-order valence-electron chi connectivity index (χ1n) is 5.97. The smallest absolute Gasteiger partial charge is 0.296 e. The van der Waals surface area contributed by atoms with Gasteiger partial charge in [-0.15, -0.1) is 10.2 Å². The van der Waals surface area contributed by atoms with Gasteiger partial charge in [0.1, 0.15) is 0 Å². The molecule has 0 radical (unpaired) electrons. The second-order valence-corrected chi connectivity index (χ2v) is 7.30. The highest BCUT2D eigenvalue weighted by molar-refractivity contribution is 8.13. The summed E-state index contributed by atoms with van der Waals surface area (Å²) in [6, 6.07) is 5.32. The lowest BCUT2D eigenvalue weighted by Crippen LogP contribution is -2.11. The highest BCUT2D eigenvalue weighted by atomic mass is 35.7. The molecule has 0 bridgehead atoms. The molecule has 0 aliphatic carbocycles. The lowest BCUT2D eigenvalue weighted by Gasteiger charge is -2.09. The van der Waals surface area contributed by atoms with E-state index in [1.807, 2.05) is 13.0 Å². The Morgan fingerprint density at radius 2 is 2.00 bits per heavy atom. The topological polar surface area (TPSA) is 74.1 Å². The summed E-state index contributed by atoms with van der Waals surface area (Å²) in [6.45, 7) is 2.43. The summed E-state index contributed by atoms with van der Waals surface area (Å²) in [5.41, 5.74) is 1.59. The van der Waals surface area contributed by atoms with Crippen molar-refractivity contribution in [1.29, 1.82) is 0 Å². The first kappa shape index (κ1) is 16.2. The minimum Gasteiger partial charge on any atom is -0.383 e. The normalized spacial score (nSPS) is 11.8. The fourth-order valence-corrected chi connectivity index (χ4v) is 3.14. The molecule has 0 amide bonds. The van der Waals surface area contributed by atoms with Gasteiger partial charge in [-0.1, -0.05) is 11.6 Å². The largest absolute Gasteiger partial charge is 0.383 e. The molecule has 1 heterocycles. The van der Waals surface area contributed by atoms with Crippen LogP contribution in [0.2, 0.25) is 5.02 Å². The molecule has 0 unspecified atom stereocenters. The van der Waals surface area contributed by atoms with Crippen LogP contribution in [0.25, 0.3) is 11.4 Å². The molecule has 0 N–H and O–H groups in total. The number of hydrogen-bond acceptors (Lipinski definition) is 5. The number of halogens is 2. The molecule has 2 aromatic rings. The zero-order valence-corrected chi connectivity index (χ0v) is 13.7. The van der Waals surface area contributed by atoms with Crippen molar-refractivity contribution in [3.8, 4) is 11.4 Å². The van der Waals surface area contributed by atoms with Crippen LogP contribution in [0.4, 0.5) is 0 Å². The SMILES string of the molecule is COCCn1c(-c2cc(C)cc(Cl)c2)nnc1S(=O)(=O)Cl. The van der Waals surface area contributed by atoms with E-state index in [1.54, 1.807) is 12.1 Å². The zero-order valence-electron chi connectivity index (χ0n) is 11.4. The Hall–Kier alpha value is -1.15. The standard InChI is InChI=1S/C12H13Cl2N3O3S/c1-8-5-9(7-10(13)6-8)11-15-16-12(21(14,18)19)17(11)3-4-20-2/h5-7H,3-4H2,1-2H3. The van der Waals surface area contributed by atoms with Gasteiger partial charge in [0, 0.05) is 28.4 Å². The van der Waals surface area contributed by atoms with E-state index < -0.39 is 9.05 Å². The van der Waals surface area contributed by atoms with E-state index >= 15 is 0 Å². The second kappa shape index (κ2) is 6.31. The molecule has 0 spiro atoms. The first-order valence-corrected chi connectivity index (χ1v) is 8.66. The van der Waals surface area contributed by atoms with E-state index in [-0.39, 0.29) is 11.7 Å². The lowest BCUT2D eigenvalue weighted by molar-refractivity contribution is 0.185. The molecule has 2 rings (SSSR count). The summed E-state index contributed by atoms with van der Waals surface area (Å²) in [4.78, 5) is 0. The Morgan fingerprint density at radius 1 is 1.29 bits per heavy atom. The minimum absolute atomic E-state index is 0.256. The number of rotatable bonds is 5. The molecule has 1 aromatic heterocycles. The number of hydrogen-bond donors (Lipinski definition) is 0. The maximum absolute atomic E-state index is 11.6. The van der Waals surface area contributed by atoms with Crippen LogP contribution in [0.5, 0.6) is 0 Å². The molecule has 0 aliphatic heterocycles. The van der Waals surface area contributed by atoms with Crippen LogP contribution < -0.4 is 0 Å². The van der Waals surface area contributed by atoms with E-state index in [4.69, 9.17) is 27.0 Å². The summed E-state index contributed by atoms with van der Waals surface area (Å²) in [6.07, 6.45) is 0. The van der Waals surface area contributed by atoms with E-state index in [1.165, 1.54) is 11.7 Å². The predicted molar refractivity (Wildman–Crippen MR) is 80.1 cm³/mol. The number of methoxy groups -OCH3 is 1. The Kier molecular flexibility index (Phi) is 4.88. The molecule has 0 aliphatic rings. The lowest BCUT2D eigenvalue weighted by atomic mass is 10.1. The molecule has 0 saturated heterocycles. The summed E-state index contributed by atoms with van der Waals surface area (Å²) < 4.78 is 29.5. The number of benzene rings is 1. The number of aryl methyl sites for hydroxylation is 1. The summed E-state index contributed by atoms with van der Waals surface area (Å²) in [5, 5.41) is 7.81. The van der Waals surface area contributed by atoms with Gasteiger partial charge in [-0.25, -0.2) is 8.42 Å². The van der Waals surface area contributed by atoms with Crippen molar-refractivity contribution < 1.29 is 13.2 Å². The van der Waals surface area contributed by atoms with Crippen LogP contribution in [0.1, 0.15) is 5.56 Å². The van der Waals surface area contributed by atoms with E-state index in [2.05, 4.69) is 10.2 Å². The molecular formula is C12H13Cl2N3O3S. The maximum Gasteiger partial charge on any atom is 0.296 e. The molecule has 0 atom stereocenters. The van der Waals surface area contributed by atoms with Crippen LogP contribution in [-0.4, -0.2) is 36.9 Å². The van der Waals surface area contributed by atoms with Crippen LogP contribution in [0.3, 0.4) is 0 Å². The molecule has 6 nitrogen and oxygen atoms in total. The summed E-state index contributed by atoms with van der Waals surface area (Å²) in [7, 11) is 2.91. The third kappa shape index (κ3) is 3.74. The van der Waals surface area contributed by atoms with Crippen molar-refractivity contribution in [3.63, 3.8) is 0 Å². The van der Waals surface area contributed by atoms with Crippen molar-refractivity contribution in [3.05, 3.63) is 28.8 Å². The van der Waals surface area contributed by atoms with Gasteiger partial charge < -0.3 is 4.74 Å². The van der Waals surface area contributed by atoms with Gasteiger partial charge in [-0.3, -0.25) is 4.57 Å². The molecule has 0 saturated carbocycles. The van der Waals surface area contributed by atoms with E-state index in [0.717, 1.165) is 5.56 Å². The van der Waals surface area contributed by atoms with Crippen molar-refractivity contribution in [2.24, 2.45) is 0 Å². The van der Waals surface area contributed by atoms with Crippen molar-refractivity contribution in [1.82, 2.24) is 14.8 Å². The Balaban J connectivity index is 2.60. The predicted octanol–water partition coefficient (Wildman–Crippen LogP) is 2.48. The van der Waals surface area contributed by atoms with Gasteiger partial charge in [-0.05, 0) is 30.7 Å². The van der Waals surface area contributed by atoms with Crippen LogP contribution in [0.15, 0.2) is 23.4 Å². The van der Waals surface area contributed by atoms with Crippen LogP contribution >= 0.6 is 22.3 Å². The number of nitrogens with zero attached hydrogens (tertiary/aromatic N) is 3. The molecule has 21 heavy (non-hydrogen) atoms. The molecular weight excluding hydrogens is 337 g/mol. The molecule has 114 valence electrons. The number of ether oxygens (including phenoxy) is 1. The minimum atomic E-state index is -4.00. The molecule has 9 heteroatoms. The summed E-state index contributed by atoms with van der Waals surface area (Å²) >= 11 is 6.03. The Labute approximate surface area is 132 Å². The highest BCUT2D eigenvalue weighted by Crippen LogP contribution is 2.26. The maximum atomic E-state index is 11.6. The molecule has 0 fully saturated rings. The quantitative estimate of drug-likeness (QED) is 0.775. The highest BCUT2D eigenvalue weighted by Gasteiger charge is 2.23. The van der Waals surface area contributed by atoms with Gasteiger partial charge in [0.25, 0.3) is 14.2 Å². The van der Waals surface area contributed by atoms with E-state index in [0.29, 0.717) is 23.0 Å². The first-order chi connectivity index (χ1) is 9.82. The number of aromatic nitrogens is 3. The monoisotopic (exact) mass is 349 g/mol. The van der Waals surface area contributed by atoms with Gasteiger partial charge in [0.05, 0.1) is 13.2 Å². The molecule has 1 aromatic carbocycles. The zero-order chi connectivity index (χ0) is 15.6. The van der Waals surface area contributed by atoms with Gasteiger partial charge in [0.15, 0.2) is 5.82 Å². The van der Waals surface area contributed by atoms with Crippen LogP contribution in [-0.2, 0) is 20.3 Å². The fourth-order valence-electron chi connectivity index (χ4n) is 1.93. The van der Waals surface area contributed by atoms with Gasteiger partial charge >= 0.3 is 0 Å². The van der Waals surface area contributed by atoms with E-state index in [9.17, 15) is 8.42 Å². The van der Waals surface area contributed by atoms with Crippen molar-refractivity contribution in [2.45, 2.75) is 18.6 Å². The van der Waals surface area contributed by atoms with Crippen molar-refractivity contribution in [2.75, 3.05) is 13.7 Å². The van der Waals surface area contributed by atoms with Gasteiger partial charge in [0.2, 0.25) is 0 Å². The fraction of sp³-hybridized carbons (Fsp3) is 0.333. The Bertz CT molecular complexity index is 739. The van der Waals surface area contributed by atoms with Crippen molar-refractivity contribution >= 4 is 31.3 Å². The Morgan fingerprint density at radius 3 is 2.57 bits per heavy atom. The average molecular weight is 350 g/mol. The van der Waals surface area contributed by atoms with Gasteiger partial charge in [-0.2, -0.15) is 0 Å². The third-order valence-electron chi connectivity index (χ3n) is 2.75. The second-order valence-electron chi connectivity index (χ2n) is 4.41. The summed E-state index contributed by atoms with van der Waals surface area (Å²) in [5.74, 6) is 0.372. The average Bonchev–Trinajstić information content (AvgIpc) is 2.78.